The van der Waals surface area contributed by atoms with Crippen LogP contribution < -0.4 is 5.73 Å². The van der Waals surface area contributed by atoms with Gasteiger partial charge in [-0.05, 0) is 43.6 Å². The van der Waals surface area contributed by atoms with Crippen LogP contribution in [0.5, 0.6) is 0 Å². The zero-order valence-electron chi connectivity index (χ0n) is 17.0. The van der Waals surface area contributed by atoms with Crippen molar-refractivity contribution in [3.05, 3.63) is 35.9 Å². The zero-order valence-corrected chi connectivity index (χ0v) is 17.0. The highest BCUT2D eigenvalue weighted by Gasteiger charge is 2.38. The molecule has 0 bridgehead atoms. The molecular weight excluding hydrogens is 354 g/mol. The predicted octanol–water partition coefficient (Wildman–Crippen LogP) is 3.15. The van der Waals surface area contributed by atoms with Gasteiger partial charge in [-0.1, -0.05) is 44.2 Å². The molecule has 1 aromatic carbocycles. The number of hydrogen-bond donors (Lipinski definition) is 1. The summed E-state index contributed by atoms with van der Waals surface area (Å²) in [7, 11) is 0. The number of nitrogens with two attached hydrogens (primary N) is 1. The fourth-order valence-corrected chi connectivity index (χ4v) is 3.75. The summed E-state index contributed by atoms with van der Waals surface area (Å²) in [5.74, 6) is 0.110. The van der Waals surface area contributed by atoms with Crippen molar-refractivity contribution in [2.45, 2.75) is 70.7 Å². The SMILES string of the molecule is CC(C)[C@H](N)C(=O)N1CCCC[C@H]1CN(C(=O)OCc1ccccc1)C1CC1. The van der Waals surface area contributed by atoms with Crippen LogP contribution in [0.2, 0.25) is 0 Å². The molecule has 0 spiro atoms. The van der Waals surface area contributed by atoms with Crippen molar-refractivity contribution in [1.29, 1.82) is 0 Å². The molecule has 0 aromatic heterocycles. The lowest BCUT2D eigenvalue weighted by Crippen LogP contribution is -2.56. The highest BCUT2D eigenvalue weighted by Crippen LogP contribution is 2.30. The van der Waals surface area contributed by atoms with Crippen LogP contribution in [0.25, 0.3) is 0 Å². The number of benzene rings is 1. The molecule has 2 aliphatic rings. The molecule has 1 aliphatic heterocycles. The van der Waals surface area contributed by atoms with Crippen molar-refractivity contribution in [3.63, 3.8) is 0 Å². The van der Waals surface area contributed by atoms with E-state index in [4.69, 9.17) is 10.5 Å². The first-order chi connectivity index (χ1) is 13.5. The van der Waals surface area contributed by atoms with E-state index in [0.29, 0.717) is 6.54 Å². The summed E-state index contributed by atoms with van der Waals surface area (Å²) in [6.07, 6.45) is 4.71. The molecule has 6 nitrogen and oxygen atoms in total. The molecule has 2 fully saturated rings. The van der Waals surface area contributed by atoms with Crippen LogP contribution in [-0.2, 0) is 16.1 Å². The third-order valence-corrected chi connectivity index (χ3v) is 5.75. The summed E-state index contributed by atoms with van der Waals surface area (Å²) in [4.78, 5) is 29.4. The maximum atomic E-state index is 12.9. The Balaban J connectivity index is 1.63. The summed E-state index contributed by atoms with van der Waals surface area (Å²) < 4.78 is 5.57. The molecule has 2 N–H and O–H groups in total. The molecule has 0 radical (unpaired) electrons. The minimum Gasteiger partial charge on any atom is -0.445 e. The smallest absolute Gasteiger partial charge is 0.410 e. The second-order valence-electron chi connectivity index (χ2n) is 8.37. The monoisotopic (exact) mass is 387 g/mol. The second-order valence-corrected chi connectivity index (χ2v) is 8.37. The molecule has 1 aromatic rings. The number of amides is 2. The fraction of sp³-hybridized carbons (Fsp3) is 0.636. The van der Waals surface area contributed by atoms with Crippen molar-refractivity contribution in [3.8, 4) is 0 Å². The Hall–Kier alpha value is -2.08. The van der Waals surface area contributed by atoms with Gasteiger partial charge in [-0.2, -0.15) is 0 Å². The summed E-state index contributed by atoms with van der Waals surface area (Å²) in [6, 6.07) is 9.49. The lowest BCUT2D eigenvalue weighted by atomic mass is 9.97. The minimum absolute atomic E-state index is 0.00750. The lowest BCUT2D eigenvalue weighted by Gasteiger charge is -2.40. The van der Waals surface area contributed by atoms with Gasteiger partial charge in [0.05, 0.1) is 6.04 Å². The van der Waals surface area contributed by atoms with E-state index in [-0.39, 0.29) is 36.6 Å². The first-order valence-corrected chi connectivity index (χ1v) is 10.5. The largest absolute Gasteiger partial charge is 0.445 e. The summed E-state index contributed by atoms with van der Waals surface area (Å²) in [5, 5.41) is 0. The van der Waals surface area contributed by atoms with E-state index in [0.717, 1.165) is 44.2 Å². The molecule has 2 atom stereocenters. The van der Waals surface area contributed by atoms with E-state index in [1.807, 2.05) is 54.0 Å². The number of ether oxygens (including phenoxy) is 1. The first-order valence-electron chi connectivity index (χ1n) is 10.5. The molecule has 1 heterocycles. The van der Waals surface area contributed by atoms with Crippen LogP contribution in [0.15, 0.2) is 30.3 Å². The van der Waals surface area contributed by atoms with Gasteiger partial charge in [-0.25, -0.2) is 4.79 Å². The van der Waals surface area contributed by atoms with E-state index in [1.165, 1.54) is 0 Å². The molecule has 3 rings (SSSR count). The highest BCUT2D eigenvalue weighted by molar-refractivity contribution is 5.82. The van der Waals surface area contributed by atoms with Crippen molar-refractivity contribution in [2.75, 3.05) is 13.1 Å². The molecule has 28 heavy (non-hydrogen) atoms. The van der Waals surface area contributed by atoms with Crippen LogP contribution in [-0.4, -0.2) is 53.0 Å². The third-order valence-electron chi connectivity index (χ3n) is 5.75. The standard InChI is InChI=1S/C22H33N3O3/c1-16(2)20(23)21(26)24-13-7-6-10-19(24)14-25(18-11-12-18)22(27)28-15-17-8-4-3-5-9-17/h3-5,8-9,16,18-20H,6-7,10-15,23H2,1-2H3/t19-,20-/m0/s1. The molecule has 1 aliphatic carbocycles. The van der Waals surface area contributed by atoms with Crippen LogP contribution in [0.4, 0.5) is 4.79 Å². The Morgan fingerprint density at radius 2 is 1.89 bits per heavy atom. The number of hydrogen-bond acceptors (Lipinski definition) is 4. The van der Waals surface area contributed by atoms with Crippen molar-refractivity contribution in [1.82, 2.24) is 9.80 Å². The molecule has 1 saturated heterocycles. The number of likely N-dealkylation sites (tertiary alicyclic amines) is 1. The Bertz CT molecular complexity index is 660. The van der Waals surface area contributed by atoms with Gasteiger partial charge in [-0.15, -0.1) is 0 Å². The van der Waals surface area contributed by atoms with Crippen molar-refractivity contribution in [2.24, 2.45) is 11.7 Å². The number of rotatable bonds is 7. The number of nitrogens with zero attached hydrogens (tertiary/aromatic N) is 2. The minimum atomic E-state index is -0.486. The Labute approximate surface area is 168 Å². The van der Waals surface area contributed by atoms with Crippen LogP contribution >= 0.6 is 0 Å². The number of carbonyl (C=O) groups is 2. The van der Waals surface area contributed by atoms with Gasteiger partial charge in [-0.3, -0.25) is 4.79 Å². The quantitative estimate of drug-likeness (QED) is 0.780. The average Bonchev–Trinajstić information content (AvgIpc) is 3.55. The third kappa shape index (κ3) is 5.25. The Kier molecular flexibility index (Phi) is 6.94. The van der Waals surface area contributed by atoms with Crippen LogP contribution in [0.3, 0.4) is 0 Å². The van der Waals surface area contributed by atoms with Crippen molar-refractivity contribution >= 4 is 12.0 Å². The number of carbonyl (C=O) groups excluding carboxylic acids is 2. The van der Waals surface area contributed by atoms with Crippen LogP contribution in [0, 0.1) is 5.92 Å². The maximum Gasteiger partial charge on any atom is 0.410 e. The molecule has 0 unspecified atom stereocenters. The summed E-state index contributed by atoms with van der Waals surface area (Å²) >= 11 is 0. The van der Waals surface area contributed by atoms with E-state index in [2.05, 4.69) is 0 Å². The van der Waals surface area contributed by atoms with Gasteiger partial charge in [0.2, 0.25) is 5.91 Å². The van der Waals surface area contributed by atoms with E-state index < -0.39 is 6.04 Å². The normalized spacial score (nSPS) is 20.7. The zero-order chi connectivity index (χ0) is 20.1. The Morgan fingerprint density at radius 3 is 2.54 bits per heavy atom. The van der Waals surface area contributed by atoms with E-state index in [9.17, 15) is 9.59 Å². The molecular formula is C22H33N3O3. The highest BCUT2D eigenvalue weighted by atomic mass is 16.6. The predicted molar refractivity (Wildman–Crippen MR) is 109 cm³/mol. The summed E-state index contributed by atoms with van der Waals surface area (Å²) in [6.45, 7) is 5.47. The fourth-order valence-electron chi connectivity index (χ4n) is 3.75. The van der Waals surface area contributed by atoms with Gasteiger partial charge in [0.15, 0.2) is 0 Å². The second kappa shape index (κ2) is 9.41. The molecule has 154 valence electrons. The average molecular weight is 388 g/mol. The van der Waals surface area contributed by atoms with Crippen molar-refractivity contribution < 1.29 is 14.3 Å². The Morgan fingerprint density at radius 1 is 1.18 bits per heavy atom. The maximum absolute atomic E-state index is 12.9. The lowest BCUT2D eigenvalue weighted by molar-refractivity contribution is -0.137. The molecule has 1 saturated carbocycles. The van der Waals surface area contributed by atoms with E-state index >= 15 is 0 Å². The number of piperidine rings is 1. The topological polar surface area (TPSA) is 75.9 Å². The van der Waals surface area contributed by atoms with Gasteiger partial charge in [0.1, 0.15) is 6.61 Å². The van der Waals surface area contributed by atoms with Gasteiger partial charge >= 0.3 is 6.09 Å². The first kappa shape index (κ1) is 20.6. The van der Waals surface area contributed by atoms with Gasteiger partial charge < -0.3 is 20.3 Å². The van der Waals surface area contributed by atoms with Crippen LogP contribution in [0.1, 0.15) is 51.5 Å². The summed E-state index contributed by atoms with van der Waals surface area (Å²) in [5.41, 5.74) is 7.11. The van der Waals surface area contributed by atoms with E-state index in [1.54, 1.807) is 0 Å². The molecule has 6 heteroatoms. The molecule has 2 amide bonds. The van der Waals surface area contributed by atoms with Gasteiger partial charge in [0.25, 0.3) is 0 Å². The van der Waals surface area contributed by atoms with Gasteiger partial charge in [0, 0.05) is 25.2 Å².